The average molecular weight is 359 g/mol. The summed E-state index contributed by atoms with van der Waals surface area (Å²) in [4.78, 5) is 0. The molecule has 0 aromatic rings. The van der Waals surface area contributed by atoms with Crippen LogP contribution in [0, 0.1) is 11.5 Å². The Morgan fingerprint density at radius 2 is 1.73 bits per heavy atom. The Morgan fingerprint density at radius 1 is 1.18 bits per heavy atom. The van der Waals surface area contributed by atoms with Crippen LogP contribution in [0.25, 0.3) is 0 Å². The lowest BCUT2D eigenvalue weighted by Crippen LogP contribution is -2.44. The highest BCUT2D eigenvalue weighted by molar-refractivity contribution is 6.83. The maximum absolute atomic E-state index is 6.60. The molecule has 0 saturated heterocycles. The summed E-state index contributed by atoms with van der Waals surface area (Å²) in [6, 6.07) is 0. The minimum atomic E-state index is -1.78. The van der Waals surface area contributed by atoms with Crippen molar-refractivity contribution in [3.63, 3.8) is 0 Å². The molecular formula is C18H35ClOSi2. The maximum Gasteiger partial charge on any atom is 0.192 e. The molecule has 0 aliphatic carbocycles. The lowest BCUT2D eigenvalue weighted by atomic mass is 10.1. The maximum atomic E-state index is 6.60. The predicted molar refractivity (Wildman–Crippen MR) is 107 cm³/mol. The zero-order valence-corrected chi connectivity index (χ0v) is 18.8. The monoisotopic (exact) mass is 358 g/mol. The zero-order valence-electron chi connectivity index (χ0n) is 16.1. The van der Waals surface area contributed by atoms with Crippen LogP contribution in [-0.2, 0) is 4.43 Å². The van der Waals surface area contributed by atoms with Gasteiger partial charge in [0.15, 0.2) is 8.32 Å². The molecule has 0 radical (unpaired) electrons. The molecule has 0 aliphatic heterocycles. The molecule has 0 rings (SSSR count). The number of hydrogen-bond acceptors (Lipinski definition) is 1. The van der Waals surface area contributed by atoms with E-state index in [1.165, 1.54) is 5.57 Å². The van der Waals surface area contributed by atoms with Crippen molar-refractivity contribution in [2.45, 2.75) is 84.4 Å². The average Bonchev–Trinajstić information content (AvgIpc) is 2.30. The predicted octanol–water partition coefficient (Wildman–Crippen LogP) is 6.22. The Kier molecular flexibility index (Phi) is 8.72. The first-order valence-electron chi connectivity index (χ1n) is 8.20. The molecule has 0 aromatic heterocycles. The second kappa shape index (κ2) is 8.73. The third-order valence-corrected chi connectivity index (χ3v) is 9.71. The highest BCUT2D eigenvalue weighted by atomic mass is 35.5. The lowest BCUT2D eigenvalue weighted by molar-refractivity contribution is 0.205. The molecule has 1 atom stereocenters. The normalized spacial score (nSPS) is 15.3. The molecular weight excluding hydrogens is 324 g/mol. The van der Waals surface area contributed by atoms with Crippen LogP contribution >= 0.6 is 11.6 Å². The SMILES string of the molecule is C/C(=C/CCl)[C@H](CCC#C[Si](C)(C)C)O[Si](C)(C)C(C)(C)C. The van der Waals surface area contributed by atoms with E-state index in [-0.39, 0.29) is 11.1 Å². The van der Waals surface area contributed by atoms with Gasteiger partial charge in [-0.05, 0) is 37.0 Å². The number of alkyl halides is 1. The van der Waals surface area contributed by atoms with E-state index in [0.717, 1.165) is 12.8 Å². The van der Waals surface area contributed by atoms with E-state index in [0.29, 0.717) is 5.88 Å². The highest BCUT2D eigenvalue weighted by Gasteiger charge is 2.39. The van der Waals surface area contributed by atoms with Crippen LogP contribution in [0.5, 0.6) is 0 Å². The van der Waals surface area contributed by atoms with Crippen molar-refractivity contribution in [1.82, 2.24) is 0 Å². The molecule has 0 aliphatic rings. The second-order valence-corrected chi connectivity index (χ2v) is 18.4. The fourth-order valence-electron chi connectivity index (χ4n) is 1.70. The summed E-state index contributed by atoms with van der Waals surface area (Å²) in [5.41, 5.74) is 4.69. The topological polar surface area (TPSA) is 9.23 Å². The van der Waals surface area contributed by atoms with Crippen molar-refractivity contribution >= 4 is 28.0 Å². The quantitative estimate of drug-likeness (QED) is 0.237. The summed E-state index contributed by atoms with van der Waals surface area (Å²) in [6.07, 6.45) is 4.08. The molecule has 128 valence electrons. The first-order valence-corrected chi connectivity index (χ1v) is 15.1. The van der Waals surface area contributed by atoms with Crippen molar-refractivity contribution in [3.8, 4) is 11.5 Å². The second-order valence-electron chi connectivity index (χ2n) is 8.56. The van der Waals surface area contributed by atoms with E-state index < -0.39 is 16.4 Å². The van der Waals surface area contributed by atoms with E-state index >= 15 is 0 Å². The van der Waals surface area contributed by atoms with Crippen LogP contribution in [0.2, 0.25) is 37.8 Å². The van der Waals surface area contributed by atoms with E-state index in [2.05, 4.69) is 78.0 Å². The van der Waals surface area contributed by atoms with Crippen molar-refractivity contribution in [3.05, 3.63) is 11.6 Å². The molecule has 0 aromatic carbocycles. The van der Waals surface area contributed by atoms with E-state index in [4.69, 9.17) is 16.0 Å². The van der Waals surface area contributed by atoms with Crippen LogP contribution in [0.4, 0.5) is 0 Å². The summed E-state index contributed by atoms with van der Waals surface area (Å²) in [6.45, 7) is 20.4. The number of allylic oxidation sites excluding steroid dienone is 1. The van der Waals surface area contributed by atoms with Gasteiger partial charge in [0.1, 0.15) is 8.07 Å². The Balaban J connectivity index is 5.00. The zero-order chi connectivity index (χ0) is 17.6. The van der Waals surface area contributed by atoms with Gasteiger partial charge in [0.2, 0.25) is 0 Å². The molecule has 0 bridgehead atoms. The lowest BCUT2D eigenvalue weighted by Gasteiger charge is -2.39. The molecule has 0 amide bonds. The number of rotatable bonds is 6. The smallest absolute Gasteiger partial charge is 0.192 e. The minimum Gasteiger partial charge on any atom is -0.410 e. The van der Waals surface area contributed by atoms with Gasteiger partial charge in [-0.15, -0.1) is 23.1 Å². The fraction of sp³-hybridized carbons (Fsp3) is 0.778. The Hall–Kier alpha value is -0.0162. The first-order chi connectivity index (χ1) is 9.80. The molecule has 4 heteroatoms. The summed E-state index contributed by atoms with van der Waals surface area (Å²) < 4.78 is 6.60. The Morgan fingerprint density at radius 3 is 2.14 bits per heavy atom. The number of halogens is 1. The van der Waals surface area contributed by atoms with E-state index in [1.54, 1.807) is 0 Å². The molecule has 0 heterocycles. The van der Waals surface area contributed by atoms with Crippen LogP contribution < -0.4 is 0 Å². The molecule has 0 saturated carbocycles. The fourth-order valence-corrected chi connectivity index (χ4v) is 3.96. The summed E-state index contributed by atoms with van der Waals surface area (Å²) >= 11 is 5.88. The third-order valence-electron chi connectivity index (χ3n) is 4.14. The summed E-state index contributed by atoms with van der Waals surface area (Å²) in [7, 11) is -3.06. The van der Waals surface area contributed by atoms with Crippen molar-refractivity contribution in [1.29, 1.82) is 0 Å². The van der Waals surface area contributed by atoms with Gasteiger partial charge in [-0.2, -0.15) is 0 Å². The van der Waals surface area contributed by atoms with Gasteiger partial charge in [-0.3, -0.25) is 0 Å². The van der Waals surface area contributed by atoms with Gasteiger partial charge in [0.05, 0.1) is 6.10 Å². The molecule has 22 heavy (non-hydrogen) atoms. The molecule has 0 N–H and O–H groups in total. The van der Waals surface area contributed by atoms with Gasteiger partial charge in [-0.25, -0.2) is 0 Å². The van der Waals surface area contributed by atoms with Crippen LogP contribution in [0.1, 0.15) is 40.5 Å². The highest BCUT2D eigenvalue weighted by Crippen LogP contribution is 2.38. The van der Waals surface area contributed by atoms with Crippen LogP contribution in [-0.4, -0.2) is 28.4 Å². The Labute approximate surface area is 146 Å². The van der Waals surface area contributed by atoms with Gasteiger partial charge >= 0.3 is 0 Å². The summed E-state index contributed by atoms with van der Waals surface area (Å²) in [5.74, 6) is 3.91. The molecule has 1 nitrogen and oxygen atoms in total. The molecule has 0 unspecified atom stereocenters. The van der Waals surface area contributed by atoms with Crippen LogP contribution in [0.15, 0.2) is 11.6 Å². The molecule has 0 spiro atoms. The largest absolute Gasteiger partial charge is 0.410 e. The van der Waals surface area contributed by atoms with Gasteiger partial charge in [0, 0.05) is 12.3 Å². The standard InChI is InChI=1S/C18H35ClOSi2/c1-16(13-14-19)17(12-10-11-15-21(5,6)7)20-22(8,9)18(2,3)4/h13,17H,10,12,14H2,1-9H3/b16-13-/t17-/m0/s1. The number of hydrogen-bond donors (Lipinski definition) is 0. The van der Waals surface area contributed by atoms with Crippen molar-refractivity contribution in [2.75, 3.05) is 5.88 Å². The summed E-state index contributed by atoms with van der Waals surface area (Å²) in [5, 5.41) is 0.219. The van der Waals surface area contributed by atoms with Gasteiger partial charge < -0.3 is 4.43 Å². The van der Waals surface area contributed by atoms with Gasteiger partial charge in [0.25, 0.3) is 0 Å². The minimum absolute atomic E-state index is 0.149. The molecule has 0 fully saturated rings. The van der Waals surface area contributed by atoms with E-state index in [9.17, 15) is 0 Å². The van der Waals surface area contributed by atoms with Crippen molar-refractivity contribution < 1.29 is 4.43 Å². The van der Waals surface area contributed by atoms with E-state index in [1.807, 2.05) is 0 Å². The van der Waals surface area contributed by atoms with Crippen molar-refractivity contribution in [2.24, 2.45) is 0 Å². The third kappa shape index (κ3) is 8.57. The van der Waals surface area contributed by atoms with Gasteiger partial charge in [-0.1, -0.05) is 46.5 Å². The Bertz CT molecular complexity index is 431. The van der Waals surface area contributed by atoms with Crippen LogP contribution in [0.3, 0.4) is 0 Å². The first kappa shape index (κ1) is 22.0.